The minimum Gasteiger partial charge on any atom is -0.323 e. The van der Waals surface area contributed by atoms with Crippen LogP contribution >= 0.6 is 0 Å². The van der Waals surface area contributed by atoms with Gasteiger partial charge in [-0.2, -0.15) is 0 Å². The molecule has 3 fully saturated rings. The Balaban J connectivity index is 1.64. The first-order valence-corrected chi connectivity index (χ1v) is 9.17. The van der Waals surface area contributed by atoms with E-state index in [9.17, 15) is 9.59 Å². The van der Waals surface area contributed by atoms with Crippen molar-refractivity contribution in [2.75, 3.05) is 19.6 Å². The number of nitrogens with one attached hydrogen (secondary N) is 2. The van der Waals surface area contributed by atoms with Crippen molar-refractivity contribution in [1.82, 2.24) is 15.5 Å². The van der Waals surface area contributed by atoms with E-state index in [0.29, 0.717) is 18.4 Å². The number of hydrogen-bond donors (Lipinski definition) is 2. The molecule has 2 heterocycles. The number of carbonyl (C=O) groups is 2. The molecule has 1 spiro atoms. The van der Waals surface area contributed by atoms with Gasteiger partial charge in [0.05, 0.1) is 0 Å². The van der Waals surface area contributed by atoms with E-state index in [4.69, 9.17) is 0 Å². The Morgan fingerprint density at radius 1 is 1.09 bits per heavy atom. The summed E-state index contributed by atoms with van der Waals surface area (Å²) in [6.45, 7) is 9.40. The maximum atomic E-state index is 12.9. The molecule has 3 amide bonds. The maximum Gasteiger partial charge on any atom is 0.325 e. The van der Waals surface area contributed by atoms with Crippen LogP contribution in [0.2, 0.25) is 0 Å². The van der Waals surface area contributed by atoms with Gasteiger partial charge in [-0.3, -0.25) is 9.69 Å². The van der Waals surface area contributed by atoms with Gasteiger partial charge in [0.15, 0.2) is 0 Å². The van der Waals surface area contributed by atoms with E-state index >= 15 is 0 Å². The lowest BCUT2D eigenvalue weighted by atomic mass is 9.67. The third kappa shape index (κ3) is 3.25. The summed E-state index contributed by atoms with van der Waals surface area (Å²) in [4.78, 5) is 26.8. The predicted molar refractivity (Wildman–Crippen MR) is 90.0 cm³/mol. The molecule has 130 valence electrons. The van der Waals surface area contributed by atoms with Crippen LogP contribution in [0.25, 0.3) is 0 Å². The monoisotopic (exact) mass is 321 g/mol. The Morgan fingerprint density at radius 2 is 1.70 bits per heavy atom. The van der Waals surface area contributed by atoms with E-state index in [1.165, 1.54) is 4.90 Å². The molecule has 2 aliphatic heterocycles. The fourth-order valence-electron chi connectivity index (χ4n) is 4.48. The van der Waals surface area contributed by atoms with Crippen LogP contribution < -0.4 is 10.6 Å². The molecular formula is C18H31N3O2. The fraction of sp³-hybridized carbons (Fsp3) is 0.889. The zero-order valence-corrected chi connectivity index (χ0v) is 14.8. The highest BCUT2D eigenvalue weighted by Crippen LogP contribution is 2.43. The van der Waals surface area contributed by atoms with Crippen molar-refractivity contribution in [2.24, 2.45) is 17.3 Å². The van der Waals surface area contributed by atoms with E-state index in [0.717, 1.165) is 51.6 Å². The van der Waals surface area contributed by atoms with Gasteiger partial charge < -0.3 is 10.6 Å². The molecule has 0 radical (unpaired) electrons. The first-order valence-electron chi connectivity index (χ1n) is 9.17. The number of urea groups is 1. The van der Waals surface area contributed by atoms with Crippen LogP contribution in [-0.4, -0.2) is 42.0 Å². The van der Waals surface area contributed by atoms with Crippen LogP contribution in [0.3, 0.4) is 0 Å². The SMILES string of the molecule is CC(C)(C)C1CCC2(CC1)NC(=O)N(CC1CCNCC1)C2=O. The summed E-state index contributed by atoms with van der Waals surface area (Å²) in [6, 6.07) is -0.164. The Kier molecular flexibility index (Phi) is 4.43. The quantitative estimate of drug-likeness (QED) is 0.768. The second-order valence-corrected chi connectivity index (χ2v) is 8.76. The largest absolute Gasteiger partial charge is 0.325 e. The molecular weight excluding hydrogens is 290 g/mol. The standard InChI is InChI=1S/C18H31N3O2/c1-17(2,3)14-4-8-18(9-5-14)15(22)21(16(23)20-18)12-13-6-10-19-11-7-13/h13-14,19H,4-12H2,1-3H3,(H,20,23). The van der Waals surface area contributed by atoms with Crippen LogP contribution in [-0.2, 0) is 4.79 Å². The lowest BCUT2D eigenvalue weighted by Crippen LogP contribution is -2.50. The smallest absolute Gasteiger partial charge is 0.323 e. The number of piperidine rings is 1. The highest BCUT2D eigenvalue weighted by molar-refractivity contribution is 6.07. The summed E-state index contributed by atoms with van der Waals surface area (Å²) in [5.74, 6) is 1.12. The van der Waals surface area contributed by atoms with Crippen molar-refractivity contribution in [3.63, 3.8) is 0 Å². The third-order valence-electron chi connectivity index (χ3n) is 6.21. The third-order valence-corrected chi connectivity index (χ3v) is 6.21. The summed E-state index contributed by atoms with van der Waals surface area (Å²) in [6.07, 6.45) is 5.74. The van der Waals surface area contributed by atoms with E-state index < -0.39 is 5.54 Å². The molecule has 3 aliphatic rings. The van der Waals surface area contributed by atoms with Crippen molar-refractivity contribution in [1.29, 1.82) is 0 Å². The fourth-order valence-corrected chi connectivity index (χ4v) is 4.48. The molecule has 0 aromatic carbocycles. The van der Waals surface area contributed by atoms with Crippen LogP contribution in [0.15, 0.2) is 0 Å². The Hall–Kier alpha value is -1.10. The molecule has 2 saturated heterocycles. The highest BCUT2D eigenvalue weighted by atomic mass is 16.2. The van der Waals surface area contributed by atoms with Crippen molar-refractivity contribution in [3.8, 4) is 0 Å². The molecule has 0 aromatic rings. The van der Waals surface area contributed by atoms with Gasteiger partial charge in [-0.25, -0.2) is 4.79 Å². The zero-order chi connectivity index (χ0) is 16.7. The van der Waals surface area contributed by atoms with Crippen LogP contribution in [0.5, 0.6) is 0 Å². The minimum atomic E-state index is -0.605. The summed E-state index contributed by atoms with van der Waals surface area (Å²) in [7, 11) is 0. The van der Waals surface area contributed by atoms with Crippen molar-refractivity contribution in [3.05, 3.63) is 0 Å². The van der Waals surface area contributed by atoms with Crippen LogP contribution in [0.1, 0.15) is 59.3 Å². The van der Waals surface area contributed by atoms with E-state index in [1.807, 2.05) is 0 Å². The van der Waals surface area contributed by atoms with E-state index in [1.54, 1.807) is 0 Å². The topological polar surface area (TPSA) is 61.4 Å². The number of carbonyl (C=O) groups excluding carboxylic acids is 2. The summed E-state index contributed by atoms with van der Waals surface area (Å²) in [5, 5.41) is 6.39. The second kappa shape index (κ2) is 6.08. The van der Waals surface area contributed by atoms with E-state index in [2.05, 4.69) is 31.4 Å². The van der Waals surface area contributed by atoms with Gasteiger partial charge in [0.1, 0.15) is 5.54 Å². The van der Waals surface area contributed by atoms with Crippen LogP contribution in [0.4, 0.5) is 4.79 Å². The minimum absolute atomic E-state index is 0.0355. The molecule has 5 heteroatoms. The first kappa shape index (κ1) is 16.7. The van der Waals surface area contributed by atoms with Crippen molar-refractivity contribution < 1.29 is 9.59 Å². The lowest BCUT2D eigenvalue weighted by molar-refractivity contribution is -0.133. The van der Waals surface area contributed by atoms with E-state index in [-0.39, 0.29) is 17.4 Å². The Morgan fingerprint density at radius 3 is 2.26 bits per heavy atom. The molecule has 23 heavy (non-hydrogen) atoms. The summed E-state index contributed by atoms with van der Waals surface area (Å²) in [5.41, 5.74) is -0.326. The Bertz CT molecular complexity index is 469. The highest BCUT2D eigenvalue weighted by Gasteiger charge is 2.53. The predicted octanol–water partition coefficient (Wildman–Crippen LogP) is 2.51. The number of nitrogens with zero attached hydrogens (tertiary/aromatic N) is 1. The van der Waals surface area contributed by atoms with Gasteiger partial charge in [0.2, 0.25) is 0 Å². The van der Waals surface area contributed by atoms with Crippen molar-refractivity contribution in [2.45, 2.75) is 64.8 Å². The van der Waals surface area contributed by atoms with Gasteiger partial charge in [0.25, 0.3) is 5.91 Å². The Labute approximate surface area is 139 Å². The lowest BCUT2D eigenvalue weighted by Gasteiger charge is -2.40. The number of imide groups is 1. The second-order valence-electron chi connectivity index (χ2n) is 8.76. The maximum absolute atomic E-state index is 12.9. The molecule has 5 nitrogen and oxygen atoms in total. The summed E-state index contributed by atoms with van der Waals surface area (Å²) >= 11 is 0. The zero-order valence-electron chi connectivity index (χ0n) is 14.8. The average molecular weight is 321 g/mol. The van der Waals surface area contributed by atoms with Gasteiger partial charge in [-0.05, 0) is 68.9 Å². The van der Waals surface area contributed by atoms with Gasteiger partial charge in [0, 0.05) is 6.54 Å². The van der Waals surface area contributed by atoms with Crippen molar-refractivity contribution >= 4 is 11.9 Å². The number of amides is 3. The number of hydrogen-bond acceptors (Lipinski definition) is 3. The molecule has 1 saturated carbocycles. The number of rotatable bonds is 2. The molecule has 3 rings (SSSR count). The average Bonchev–Trinajstić information content (AvgIpc) is 2.72. The first-order chi connectivity index (χ1) is 10.8. The van der Waals surface area contributed by atoms with Gasteiger partial charge >= 0.3 is 6.03 Å². The van der Waals surface area contributed by atoms with Gasteiger partial charge in [-0.15, -0.1) is 0 Å². The molecule has 1 aliphatic carbocycles. The van der Waals surface area contributed by atoms with Gasteiger partial charge in [-0.1, -0.05) is 20.8 Å². The molecule has 0 aromatic heterocycles. The normalized spacial score (nSPS) is 33.3. The molecule has 0 unspecified atom stereocenters. The van der Waals surface area contributed by atoms with Crippen LogP contribution in [0, 0.1) is 17.3 Å². The molecule has 2 N–H and O–H groups in total. The summed E-state index contributed by atoms with van der Waals surface area (Å²) < 4.78 is 0. The molecule has 0 bridgehead atoms. The molecule has 0 atom stereocenters.